The number of anilines is 1. The second-order valence-electron chi connectivity index (χ2n) is 3.22. The summed E-state index contributed by atoms with van der Waals surface area (Å²) in [6.45, 7) is 1.73. The summed E-state index contributed by atoms with van der Waals surface area (Å²) >= 11 is 8.92. The molecule has 0 saturated carbocycles. The standard InChI is InChI=1S/C10H7BrClFN2O2/c1-5-2-10(14-16-5)15-17-9-4-7(12)6(11)3-8(9)13/h2-4H,1H3,(H,14,15). The summed E-state index contributed by atoms with van der Waals surface area (Å²) in [5.41, 5.74) is 2.45. The molecule has 1 aromatic heterocycles. The molecule has 1 heterocycles. The highest BCUT2D eigenvalue weighted by Crippen LogP contribution is 2.29. The molecule has 2 aromatic rings. The Labute approximate surface area is 110 Å². The van der Waals surface area contributed by atoms with E-state index in [1.165, 1.54) is 12.1 Å². The van der Waals surface area contributed by atoms with E-state index in [2.05, 4.69) is 26.6 Å². The van der Waals surface area contributed by atoms with Gasteiger partial charge in [-0.2, -0.15) is 0 Å². The van der Waals surface area contributed by atoms with Gasteiger partial charge < -0.3 is 9.36 Å². The molecule has 4 nitrogen and oxygen atoms in total. The Morgan fingerprint density at radius 2 is 2.24 bits per heavy atom. The third kappa shape index (κ3) is 2.89. The van der Waals surface area contributed by atoms with Gasteiger partial charge in [0.2, 0.25) is 5.82 Å². The number of aromatic nitrogens is 1. The highest BCUT2D eigenvalue weighted by Gasteiger charge is 2.09. The fraction of sp³-hybridized carbons (Fsp3) is 0.100. The van der Waals surface area contributed by atoms with Gasteiger partial charge in [0.15, 0.2) is 11.6 Å². The summed E-state index contributed by atoms with van der Waals surface area (Å²) in [4.78, 5) is 5.02. The zero-order chi connectivity index (χ0) is 12.4. The molecule has 0 radical (unpaired) electrons. The molecule has 0 atom stereocenters. The molecule has 0 amide bonds. The molecule has 1 N–H and O–H groups in total. The minimum absolute atomic E-state index is 0.0288. The molecule has 2 rings (SSSR count). The van der Waals surface area contributed by atoms with Gasteiger partial charge in [0.1, 0.15) is 5.76 Å². The molecule has 0 bridgehead atoms. The Kier molecular flexibility index (Phi) is 3.54. The number of nitrogens with zero attached hydrogens (tertiary/aromatic N) is 1. The van der Waals surface area contributed by atoms with E-state index in [1.54, 1.807) is 13.0 Å². The van der Waals surface area contributed by atoms with Gasteiger partial charge in [0.25, 0.3) is 0 Å². The van der Waals surface area contributed by atoms with Crippen molar-refractivity contribution in [2.75, 3.05) is 5.48 Å². The van der Waals surface area contributed by atoms with Crippen molar-refractivity contribution in [3.05, 3.63) is 39.3 Å². The molecule has 0 saturated heterocycles. The molecular formula is C10H7BrClFN2O2. The average molecular weight is 322 g/mol. The lowest BCUT2D eigenvalue weighted by Gasteiger charge is -2.07. The molecule has 0 spiro atoms. The van der Waals surface area contributed by atoms with E-state index in [0.717, 1.165) is 0 Å². The minimum Gasteiger partial charge on any atom is -0.377 e. The van der Waals surface area contributed by atoms with Gasteiger partial charge in [-0.3, -0.25) is 0 Å². The molecule has 0 aliphatic heterocycles. The normalized spacial score (nSPS) is 10.4. The van der Waals surface area contributed by atoms with E-state index < -0.39 is 5.82 Å². The summed E-state index contributed by atoms with van der Waals surface area (Å²) < 4.78 is 18.7. The van der Waals surface area contributed by atoms with E-state index in [1.807, 2.05) is 0 Å². The first-order chi connectivity index (χ1) is 8.06. The second kappa shape index (κ2) is 4.93. The van der Waals surface area contributed by atoms with E-state index in [-0.39, 0.29) is 5.75 Å². The van der Waals surface area contributed by atoms with Gasteiger partial charge in [-0.05, 0) is 28.9 Å². The first-order valence-corrected chi connectivity index (χ1v) is 5.74. The maximum atomic E-state index is 13.4. The largest absolute Gasteiger partial charge is 0.377 e. The summed E-state index contributed by atoms with van der Waals surface area (Å²) in [6, 6.07) is 4.17. The summed E-state index contributed by atoms with van der Waals surface area (Å²) in [7, 11) is 0. The van der Waals surface area contributed by atoms with Gasteiger partial charge in [-0.1, -0.05) is 16.8 Å². The molecule has 0 unspecified atom stereocenters. The fourth-order valence-corrected chi connectivity index (χ4v) is 1.57. The number of rotatable bonds is 3. The monoisotopic (exact) mass is 320 g/mol. The van der Waals surface area contributed by atoms with Gasteiger partial charge in [0.05, 0.1) is 5.02 Å². The summed E-state index contributed by atoms with van der Waals surface area (Å²) in [6.07, 6.45) is 0. The Balaban J connectivity index is 2.11. The van der Waals surface area contributed by atoms with Crippen molar-refractivity contribution in [2.45, 2.75) is 6.92 Å². The quantitative estimate of drug-likeness (QED) is 0.687. The van der Waals surface area contributed by atoms with Crippen LogP contribution in [0.1, 0.15) is 5.76 Å². The van der Waals surface area contributed by atoms with Crippen LogP contribution in [0.3, 0.4) is 0 Å². The SMILES string of the molecule is Cc1cc(NOc2cc(Cl)c(Br)cc2F)no1. The highest BCUT2D eigenvalue weighted by atomic mass is 79.9. The Bertz CT molecular complexity index is 547. The highest BCUT2D eigenvalue weighted by molar-refractivity contribution is 9.10. The molecule has 0 fully saturated rings. The van der Waals surface area contributed by atoms with Crippen molar-refractivity contribution in [1.82, 2.24) is 5.16 Å². The van der Waals surface area contributed by atoms with Gasteiger partial charge >= 0.3 is 0 Å². The molecule has 1 aromatic carbocycles. The van der Waals surface area contributed by atoms with Crippen LogP contribution in [0.5, 0.6) is 5.75 Å². The molecule has 0 aliphatic carbocycles. The van der Waals surface area contributed by atoms with Crippen molar-refractivity contribution in [1.29, 1.82) is 0 Å². The van der Waals surface area contributed by atoms with E-state index >= 15 is 0 Å². The van der Waals surface area contributed by atoms with Crippen molar-refractivity contribution >= 4 is 33.3 Å². The van der Waals surface area contributed by atoms with Crippen LogP contribution in [0.2, 0.25) is 5.02 Å². The van der Waals surface area contributed by atoms with Crippen LogP contribution in [0.15, 0.2) is 27.2 Å². The number of aryl methyl sites for hydroxylation is 1. The smallest absolute Gasteiger partial charge is 0.202 e. The maximum absolute atomic E-state index is 13.4. The predicted octanol–water partition coefficient (Wildman–Crippen LogP) is 3.94. The van der Waals surface area contributed by atoms with Crippen molar-refractivity contribution < 1.29 is 13.8 Å². The maximum Gasteiger partial charge on any atom is 0.202 e. The number of nitrogens with one attached hydrogen (secondary N) is 1. The number of benzene rings is 1. The minimum atomic E-state index is -0.547. The van der Waals surface area contributed by atoms with E-state index in [4.69, 9.17) is 21.0 Å². The number of hydrogen-bond acceptors (Lipinski definition) is 4. The Morgan fingerprint density at radius 1 is 1.47 bits per heavy atom. The van der Waals surface area contributed by atoms with Crippen LogP contribution in [0, 0.1) is 12.7 Å². The first-order valence-electron chi connectivity index (χ1n) is 4.57. The molecular weight excluding hydrogens is 314 g/mol. The van der Waals surface area contributed by atoms with Crippen LogP contribution < -0.4 is 10.3 Å². The summed E-state index contributed by atoms with van der Waals surface area (Å²) in [5.74, 6) is 0.388. The third-order valence-corrected chi connectivity index (χ3v) is 3.07. The fourth-order valence-electron chi connectivity index (χ4n) is 1.10. The topological polar surface area (TPSA) is 47.3 Å². The Hall–Kier alpha value is -1.27. The van der Waals surface area contributed by atoms with E-state index in [0.29, 0.717) is 21.1 Å². The lowest BCUT2D eigenvalue weighted by atomic mass is 10.3. The lowest BCUT2D eigenvalue weighted by molar-refractivity contribution is 0.359. The lowest BCUT2D eigenvalue weighted by Crippen LogP contribution is -2.06. The molecule has 17 heavy (non-hydrogen) atoms. The first kappa shape index (κ1) is 12.2. The third-order valence-electron chi connectivity index (χ3n) is 1.87. The summed E-state index contributed by atoms with van der Waals surface area (Å²) in [5, 5.41) is 3.97. The van der Waals surface area contributed by atoms with Crippen LogP contribution >= 0.6 is 27.5 Å². The van der Waals surface area contributed by atoms with Crippen molar-refractivity contribution in [3.63, 3.8) is 0 Å². The van der Waals surface area contributed by atoms with Crippen LogP contribution in [0.4, 0.5) is 10.2 Å². The van der Waals surface area contributed by atoms with Crippen LogP contribution in [-0.2, 0) is 0 Å². The molecule has 7 heteroatoms. The van der Waals surface area contributed by atoms with E-state index in [9.17, 15) is 4.39 Å². The van der Waals surface area contributed by atoms with Gasteiger partial charge in [0, 0.05) is 16.6 Å². The zero-order valence-corrected chi connectivity index (χ0v) is 11.0. The predicted molar refractivity (Wildman–Crippen MR) is 64.6 cm³/mol. The van der Waals surface area contributed by atoms with Gasteiger partial charge in [-0.15, -0.1) is 0 Å². The van der Waals surface area contributed by atoms with Crippen molar-refractivity contribution in [3.8, 4) is 5.75 Å². The van der Waals surface area contributed by atoms with Crippen LogP contribution in [0.25, 0.3) is 0 Å². The second-order valence-corrected chi connectivity index (χ2v) is 4.49. The zero-order valence-electron chi connectivity index (χ0n) is 8.63. The molecule has 90 valence electrons. The average Bonchev–Trinajstić information content (AvgIpc) is 2.68. The Morgan fingerprint density at radius 3 is 2.88 bits per heavy atom. The number of halogens is 3. The van der Waals surface area contributed by atoms with Crippen LogP contribution in [-0.4, -0.2) is 5.16 Å². The van der Waals surface area contributed by atoms with Crippen molar-refractivity contribution in [2.24, 2.45) is 0 Å². The molecule has 0 aliphatic rings. The van der Waals surface area contributed by atoms with Gasteiger partial charge in [-0.25, -0.2) is 9.87 Å². The number of hydrogen-bond donors (Lipinski definition) is 1.